The molecule has 192 valence electrons. The Kier molecular flexibility index (Phi) is 8.69. The fourth-order valence-corrected chi connectivity index (χ4v) is 4.18. The Bertz CT molecular complexity index is 1190. The van der Waals surface area contributed by atoms with Crippen molar-refractivity contribution in [2.45, 2.75) is 37.5 Å². The van der Waals surface area contributed by atoms with Crippen LogP contribution in [0.3, 0.4) is 0 Å². The van der Waals surface area contributed by atoms with Crippen molar-refractivity contribution < 1.29 is 27.8 Å². The zero-order valence-corrected chi connectivity index (χ0v) is 21.9. The molecule has 1 atom stereocenters. The summed E-state index contributed by atoms with van der Waals surface area (Å²) in [6.07, 6.45) is -3.47. The van der Waals surface area contributed by atoms with E-state index in [9.17, 15) is 23.1 Å². The first-order chi connectivity index (χ1) is 16.8. The van der Waals surface area contributed by atoms with Gasteiger partial charge < -0.3 is 15.2 Å². The van der Waals surface area contributed by atoms with Crippen molar-refractivity contribution in [1.82, 2.24) is 10.3 Å². The SMILES string of the molecule is CC(C)(Oc1ccc(C(F)(F)F)cn1)C(=O)NC[C@@](CO)(Cc1ccc(Cl)cc1)c1cccc(Br)c1. The molecule has 0 bridgehead atoms. The molecule has 0 spiro atoms. The summed E-state index contributed by atoms with van der Waals surface area (Å²) in [6.45, 7) is 2.77. The van der Waals surface area contributed by atoms with Gasteiger partial charge >= 0.3 is 6.18 Å². The number of hydrogen-bond acceptors (Lipinski definition) is 4. The number of carbonyl (C=O) groups is 1. The van der Waals surface area contributed by atoms with Crippen molar-refractivity contribution >= 4 is 33.4 Å². The van der Waals surface area contributed by atoms with Gasteiger partial charge in [0.2, 0.25) is 5.88 Å². The largest absolute Gasteiger partial charge is 0.462 e. The Labute approximate surface area is 220 Å². The number of nitrogens with zero attached hydrogens (tertiary/aromatic N) is 1. The molecule has 0 radical (unpaired) electrons. The lowest BCUT2D eigenvalue weighted by Gasteiger charge is -2.35. The zero-order chi connectivity index (χ0) is 26.6. The molecule has 1 amide bonds. The Morgan fingerprint density at radius 2 is 1.78 bits per heavy atom. The minimum Gasteiger partial charge on any atom is -0.462 e. The summed E-state index contributed by atoms with van der Waals surface area (Å²) in [5.74, 6) is -0.641. The number of amides is 1. The molecule has 0 fully saturated rings. The summed E-state index contributed by atoms with van der Waals surface area (Å²) in [7, 11) is 0. The van der Waals surface area contributed by atoms with Gasteiger partial charge in [0, 0.05) is 33.7 Å². The number of halogens is 5. The second-order valence-electron chi connectivity index (χ2n) is 8.93. The highest BCUT2D eigenvalue weighted by Gasteiger charge is 2.37. The van der Waals surface area contributed by atoms with Crippen molar-refractivity contribution in [3.8, 4) is 5.88 Å². The third-order valence-corrected chi connectivity index (χ3v) is 6.50. The van der Waals surface area contributed by atoms with E-state index in [0.717, 1.165) is 27.7 Å². The van der Waals surface area contributed by atoms with Crippen LogP contribution in [-0.4, -0.2) is 34.8 Å². The molecular formula is C26H25BrClF3N2O3. The molecule has 0 aliphatic rings. The topological polar surface area (TPSA) is 71.5 Å². The number of rotatable bonds is 9. The van der Waals surface area contributed by atoms with Crippen molar-refractivity contribution in [2.24, 2.45) is 0 Å². The molecule has 0 aliphatic heterocycles. The van der Waals surface area contributed by atoms with Crippen molar-refractivity contribution in [2.75, 3.05) is 13.2 Å². The highest BCUT2D eigenvalue weighted by molar-refractivity contribution is 9.10. The van der Waals surface area contributed by atoms with Gasteiger partial charge in [-0.2, -0.15) is 13.2 Å². The second-order valence-corrected chi connectivity index (χ2v) is 10.3. The van der Waals surface area contributed by atoms with E-state index in [4.69, 9.17) is 16.3 Å². The molecule has 2 aromatic carbocycles. The molecule has 0 aliphatic carbocycles. The molecule has 0 saturated heterocycles. The van der Waals surface area contributed by atoms with Crippen molar-refractivity contribution in [3.05, 3.63) is 93.0 Å². The number of ether oxygens (including phenoxy) is 1. The Balaban J connectivity index is 1.80. The molecular weight excluding hydrogens is 561 g/mol. The summed E-state index contributed by atoms with van der Waals surface area (Å²) in [4.78, 5) is 16.8. The van der Waals surface area contributed by atoms with Gasteiger partial charge in [0.1, 0.15) is 0 Å². The molecule has 1 heterocycles. The first-order valence-electron chi connectivity index (χ1n) is 11.0. The number of nitrogens with one attached hydrogen (secondary N) is 1. The van der Waals surface area contributed by atoms with Gasteiger partial charge in [-0.15, -0.1) is 0 Å². The van der Waals surface area contributed by atoms with Crippen molar-refractivity contribution in [3.63, 3.8) is 0 Å². The van der Waals surface area contributed by atoms with Gasteiger partial charge in [-0.05, 0) is 61.7 Å². The Hall–Kier alpha value is -2.62. The number of benzene rings is 2. The first-order valence-corrected chi connectivity index (χ1v) is 12.1. The van der Waals surface area contributed by atoms with Crippen LogP contribution in [0.2, 0.25) is 5.02 Å². The van der Waals surface area contributed by atoms with E-state index in [1.807, 2.05) is 36.4 Å². The third kappa shape index (κ3) is 6.99. The molecule has 1 aromatic heterocycles. The van der Waals surface area contributed by atoms with Gasteiger partial charge in [0.25, 0.3) is 5.91 Å². The molecule has 36 heavy (non-hydrogen) atoms. The van der Waals surface area contributed by atoms with Crippen LogP contribution in [0.25, 0.3) is 0 Å². The second kappa shape index (κ2) is 11.2. The van der Waals surface area contributed by atoms with E-state index in [1.54, 1.807) is 12.1 Å². The van der Waals surface area contributed by atoms with Crippen LogP contribution in [0.1, 0.15) is 30.5 Å². The smallest absolute Gasteiger partial charge is 0.417 e. The number of hydrogen-bond donors (Lipinski definition) is 2. The van der Waals surface area contributed by atoms with E-state index in [2.05, 4.69) is 26.2 Å². The lowest BCUT2D eigenvalue weighted by molar-refractivity contribution is -0.138. The molecule has 3 aromatic rings. The van der Waals surface area contributed by atoms with E-state index >= 15 is 0 Å². The Morgan fingerprint density at radius 1 is 1.08 bits per heavy atom. The fraction of sp³-hybridized carbons (Fsp3) is 0.308. The van der Waals surface area contributed by atoms with Crippen LogP contribution in [0.15, 0.2) is 71.3 Å². The van der Waals surface area contributed by atoms with Crippen LogP contribution in [0, 0.1) is 0 Å². The molecule has 10 heteroatoms. The maximum atomic E-state index is 13.1. The van der Waals surface area contributed by atoms with E-state index in [0.29, 0.717) is 17.6 Å². The zero-order valence-electron chi connectivity index (χ0n) is 19.6. The maximum absolute atomic E-state index is 13.1. The van der Waals surface area contributed by atoms with Crippen LogP contribution in [0.5, 0.6) is 5.88 Å². The minimum absolute atomic E-state index is 0.0641. The monoisotopic (exact) mass is 584 g/mol. The average molecular weight is 586 g/mol. The third-order valence-electron chi connectivity index (χ3n) is 5.75. The quantitative estimate of drug-likeness (QED) is 0.325. The molecule has 5 nitrogen and oxygen atoms in total. The van der Waals surface area contributed by atoms with E-state index in [1.165, 1.54) is 13.8 Å². The van der Waals surface area contributed by atoms with E-state index in [-0.39, 0.29) is 19.0 Å². The predicted octanol–water partition coefficient (Wildman–Crippen LogP) is 5.96. The Morgan fingerprint density at radius 3 is 2.33 bits per heavy atom. The summed E-state index contributed by atoms with van der Waals surface area (Å²) in [5, 5.41) is 14.0. The summed E-state index contributed by atoms with van der Waals surface area (Å²) in [5.41, 5.74) is -1.53. The van der Waals surface area contributed by atoms with Crippen LogP contribution in [-0.2, 0) is 22.8 Å². The molecule has 3 rings (SSSR count). The number of carbonyl (C=O) groups excluding carboxylic acids is 1. The number of pyridine rings is 1. The van der Waals surface area contributed by atoms with Gasteiger partial charge in [-0.1, -0.05) is 51.8 Å². The minimum atomic E-state index is -4.53. The van der Waals surface area contributed by atoms with E-state index < -0.39 is 28.7 Å². The molecule has 0 unspecified atom stereocenters. The maximum Gasteiger partial charge on any atom is 0.417 e. The lowest BCUT2D eigenvalue weighted by atomic mass is 9.76. The van der Waals surface area contributed by atoms with Crippen LogP contribution < -0.4 is 10.1 Å². The lowest BCUT2D eigenvalue weighted by Crippen LogP contribution is -2.52. The van der Waals surface area contributed by atoms with Gasteiger partial charge in [-0.25, -0.2) is 4.98 Å². The summed E-state index contributed by atoms with van der Waals surface area (Å²) >= 11 is 9.48. The number of aliphatic hydroxyl groups is 1. The van der Waals surface area contributed by atoms with Gasteiger partial charge in [0.05, 0.1) is 12.2 Å². The summed E-state index contributed by atoms with van der Waals surface area (Å²) in [6, 6.07) is 16.6. The fourth-order valence-electron chi connectivity index (χ4n) is 3.66. The number of alkyl halides is 3. The number of aromatic nitrogens is 1. The van der Waals surface area contributed by atoms with Gasteiger partial charge in [-0.3, -0.25) is 4.79 Å². The predicted molar refractivity (Wildman–Crippen MR) is 135 cm³/mol. The average Bonchev–Trinajstić information content (AvgIpc) is 2.82. The molecule has 2 N–H and O–H groups in total. The standard InChI is InChI=1S/C26H25BrClF3N2O3/c1-24(2,36-22-11-8-19(14-32-22)26(29,30)31)23(35)33-15-25(16-34,18-4-3-5-20(27)12-18)13-17-6-9-21(28)10-7-17/h3-12,14,34H,13,15-16H2,1-2H3,(H,33,35)/t25-/m1/s1. The highest BCUT2D eigenvalue weighted by Crippen LogP contribution is 2.32. The first kappa shape index (κ1) is 28.0. The van der Waals surface area contributed by atoms with Gasteiger partial charge in [0.15, 0.2) is 5.60 Å². The normalized spacial score (nSPS) is 13.7. The van der Waals surface area contributed by atoms with Crippen molar-refractivity contribution in [1.29, 1.82) is 0 Å². The number of aliphatic hydroxyl groups excluding tert-OH is 1. The highest BCUT2D eigenvalue weighted by atomic mass is 79.9. The van der Waals surface area contributed by atoms with Crippen LogP contribution >= 0.6 is 27.5 Å². The summed E-state index contributed by atoms with van der Waals surface area (Å²) < 4.78 is 44.8. The molecule has 0 saturated carbocycles. The van der Waals surface area contributed by atoms with Crippen LogP contribution in [0.4, 0.5) is 13.2 Å².